The normalized spacial score (nSPS) is 11.3. The molecule has 0 saturated heterocycles. The highest BCUT2D eigenvalue weighted by Crippen LogP contribution is 2.16. The van der Waals surface area contributed by atoms with Gasteiger partial charge in [0.25, 0.3) is 5.91 Å². The van der Waals surface area contributed by atoms with E-state index in [-0.39, 0.29) is 17.9 Å². The van der Waals surface area contributed by atoms with Gasteiger partial charge >= 0.3 is 0 Å². The molecule has 0 spiro atoms. The number of benzene rings is 1. The number of nitrogens with one attached hydrogen (secondary N) is 1. The summed E-state index contributed by atoms with van der Waals surface area (Å²) in [6, 6.07) is 1.57. The average Bonchev–Trinajstić information content (AvgIpc) is 2.23. The molecule has 0 unspecified atom stereocenters. The molecule has 100 valence electrons. The van der Waals surface area contributed by atoms with Gasteiger partial charge in [0, 0.05) is 18.4 Å². The molecule has 0 radical (unpaired) electrons. The zero-order valence-corrected chi connectivity index (χ0v) is 10.4. The number of anilines is 1. The molecular formula is C10H12F2N2O3S. The van der Waals surface area contributed by atoms with Crippen LogP contribution in [-0.4, -0.2) is 32.9 Å². The number of amides is 1. The molecule has 0 bridgehead atoms. The minimum absolute atomic E-state index is 0.134. The lowest BCUT2D eigenvalue weighted by Gasteiger charge is -2.06. The van der Waals surface area contributed by atoms with Crippen LogP contribution in [0.25, 0.3) is 0 Å². The first-order valence-corrected chi connectivity index (χ1v) is 6.97. The van der Waals surface area contributed by atoms with Crippen LogP contribution < -0.4 is 11.1 Å². The van der Waals surface area contributed by atoms with Crippen LogP contribution in [-0.2, 0) is 9.84 Å². The monoisotopic (exact) mass is 278 g/mol. The van der Waals surface area contributed by atoms with Crippen molar-refractivity contribution in [2.45, 2.75) is 0 Å². The van der Waals surface area contributed by atoms with Crippen LogP contribution in [0.15, 0.2) is 12.1 Å². The Labute approximate surface area is 103 Å². The molecule has 0 aliphatic carbocycles. The molecule has 0 aliphatic heterocycles. The number of nitrogens with two attached hydrogens (primary N) is 1. The van der Waals surface area contributed by atoms with Crippen LogP contribution in [0.2, 0.25) is 0 Å². The molecule has 1 rings (SSSR count). The van der Waals surface area contributed by atoms with Crippen molar-refractivity contribution < 1.29 is 22.0 Å². The van der Waals surface area contributed by atoms with Crippen molar-refractivity contribution in [2.75, 3.05) is 24.3 Å². The predicted octanol–water partition coefficient (Wildman–Crippen LogP) is 0.321. The summed E-state index contributed by atoms with van der Waals surface area (Å²) in [7, 11) is -3.21. The maximum atomic E-state index is 13.1. The molecule has 0 fully saturated rings. The van der Waals surface area contributed by atoms with E-state index in [4.69, 9.17) is 5.73 Å². The largest absolute Gasteiger partial charge is 0.394 e. The van der Waals surface area contributed by atoms with Gasteiger partial charge in [0.05, 0.1) is 5.75 Å². The Balaban J connectivity index is 2.74. The molecule has 0 heterocycles. The van der Waals surface area contributed by atoms with Gasteiger partial charge < -0.3 is 11.1 Å². The first-order valence-electron chi connectivity index (χ1n) is 4.91. The Morgan fingerprint density at radius 2 is 1.83 bits per heavy atom. The number of hydrogen-bond acceptors (Lipinski definition) is 4. The van der Waals surface area contributed by atoms with Gasteiger partial charge in [-0.2, -0.15) is 0 Å². The van der Waals surface area contributed by atoms with Crippen LogP contribution in [0, 0.1) is 11.6 Å². The van der Waals surface area contributed by atoms with Crippen molar-refractivity contribution in [3.63, 3.8) is 0 Å². The fourth-order valence-corrected chi connectivity index (χ4v) is 1.64. The Morgan fingerprint density at radius 3 is 2.28 bits per heavy atom. The van der Waals surface area contributed by atoms with Crippen LogP contribution in [0.5, 0.6) is 0 Å². The third-order valence-electron chi connectivity index (χ3n) is 2.10. The molecule has 0 saturated carbocycles. The van der Waals surface area contributed by atoms with E-state index in [9.17, 15) is 22.0 Å². The molecule has 0 aromatic heterocycles. The molecular weight excluding hydrogens is 266 g/mol. The fourth-order valence-electron chi connectivity index (χ4n) is 1.17. The SMILES string of the molecule is CS(=O)(=O)CCNC(=O)c1cc(F)c(N)c(F)c1. The van der Waals surface area contributed by atoms with Crippen LogP contribution >= 0.6 is 0 Å². The lowest BCUT2D eigenvalue weighted by Crippen LogP contribution is -2.29. The van der Waals surface area contributed by atoms with Crippen molar-refractivity contribution in [3.8, 4) is 0 Å². The molecule has 1 amide bonds. The van der Waals surface area contributed by atoms with Gasteiger partial charge in [-0.1, -0.05) is 0 Å². The number of sulfone groups is 1. The standard InChI is InChI=1S/C10H12F2N2O3S/c1-18(16,17)3-2-14-10(15)6-4-7(11)9(13)8(12)5-6/h4-5H,2-3,13H2,1H3,(H,14,15). The van der Waals surface area contributed by atoms with Crippen molar-refractivity contribution in [1.82, 2.24) is 5.32 Å². The second kappa shape index (κ2) is 5.30. The molecule has 5 nitrogen and oxygen atoms in total. The summed E-state index contributed by atoms with van der Waals surface area (Å²) < 4.78 is 47.8. The number of hydrogen-bond donors (Lipinski definition) is 2. The van der Waals surface area contributed by atoms with Crippen LogP contribution in [0.1, 0.15) is 10.4 Å². The predicted molar refractivity (Wildman–Crippen MR) is 62.8 cm³/mol. The lowest BCUT2D eigenvalue weighted by molar-refractivity contribution is 0.0955. The second-order valence-electron chi connectivity index (χ2n) is 3.74. The van der Waals surface area contributed by atoms with E-state index in [1.807, 2.05) is 0 Å². The maximum absolute atomic E-state index is 13.1. The van der Waals surface area contributed by atoms with E-state index < -0.39 is 33.1 Å². The van der Waals surface area contributed by atoms with Gasteiger partial charge in [0.1, 0.15) is 27.2 Å². The zero-order chi connectivity index (χ0) is 13.9. The Bertz CT molecular complexity index is 549. The van der Waals surface area contributed by atoms with Gasteiger partial charge in [0.2, 0.25) is 0 Å². The molecule has 8 heteroatoms. The molecule has 18 heavy (non-hydrogen) atoms. The van der Waals surface area contributed by atoms with Crippen LogP contribution in [0.4, 0.5) is 14.5 Å². The number of halogens is 2. The summed E-state index contributed by atoms with van der Waals surface area (Å²) in [5.41, 5.74) is 4.13. The summed E-state index contributed by atoms with van der Waals surface area (Å²) in [5.74, 6) is -3.10. The smallest absolute Gasteiger partial charge is 0.251 e. The van der Waals surface area contributed by atoms with Gasteiger partial charge in [-0.25, -0.2) is 17.2 Å². The Morgan fingerprint density at radius 1 is 1.33 bits per heavy atom. The first kappa shape index (κ1) is 14.4. The van der Waals surface area contributed by atoms with E-state index in [0.717, 1.165) is 18.4 Å². The topological polar surface area (TPSA) is 89.3 Å². The highest BCUT2D eigenvalue weighted by atomic mass is 32.2. The number of carbonyl (C=O) groups excluding carboxylic acids is 1. The summed E-state index contributed by atoms with van der Waals surface area (Å²) in [6.07, 6.45) is 1.02. The van der Waals surface area contributed by atoms with Gasteiger partial charge in [-0.15, -0.1) is 0 Å². The summed E-state index contributed by atoms with van der Waals surface area (Å²) in [4.78, 5) is 11.5. The first-order chi connectivity index (χ1) is 8.20. The van der Waals surface area contributed by atoms with Crippen molar-refractivity contribution >= 4 is 21.4 Å². The van der Waals surface area contributed by atoms with Crippen LogP contribution in [0.3, 0.4) is 0 Å². The van der Waals surface area contributed by atoms with Crippen molar-refractivity contribution in [2.24, 2.45) is 0 Å². The minimum atomic E-state index is -3.21. The Hall–Kier alpha value is -1.70. The zero-order valence-electron chi connectivity index (χ0n) is 9.54. The fraction of sp³-hybridized carbons (Fsp3) is 0.300. The highest BCUT2D eigenvalue weighted by molar-refractivity contribution is 7.90. The van der Waals surface area contributed by atoms with E-state index in [1.165, 1.54) is 0 Å². The number of nitrogen functional groups attached to an aromatic ring is 1. The molecule has 3 N–H and O–H groups in total. The quantitative estimate of drug-likeness (QED) is 0.776. The van der Waals surface area contributed by atoms with Gasteiger partial charge in [0.15, 0.2) is 0 Å². The summed E-state index contributed by atoms with van der Waals surface area (Å²) in [6.45, 7) is -0.134. The third-order valence-corrected chi connectivity index (χ3v) is 3.05. The molecule has 1 aromatic carbocycles. The van der Waals surface area contributed by atoms with Crippen molar-refractivity contribution in [1.29, 1.82) is 0 Å². The third kappa shape index (κ3) is 3.95. The van der Waals surface area contributed by atoms with E-state index in [2.05, 4.69) is 5.32 Å². The minimum Gasteiger partial charge on any atom is -0.394 e. The number of rotatable bonds is 4. The highest BCUT2D eigenvalue weighted by Gasteiger charge is 2.13. The van der Waals surface area contributed by atoms with Crippen molar-refractivity contribution in [3.05, 3.63) is 29.3 Å². The van der Waals surface area contributed by atoms with Gasteiger partial charge in [-0.3, -0.25) is 4.79 Å². The Kier molecular flexibility index (Phi) is 4.23. The lowest BCUT2D eigenvalue weighted by atomic mass is 10.2. The second-order valence-corrected chi connectivity index (χ2v) is 6.00. The average molecular weight is 278 g/mol. The number of carbonyl (C=O) groups is 1. The van der Waals surface area contributed by atoms with E-state index in [0.29, 0.717) is 0 Å². The van der Waals surface area contributed by atoms with E-state index >= 15 is 0 Å². The molecule has 1 aromatic rings. The molecule has 0 atom stereocenters. The summed E-state index contributed by atoms with van der Waals surface area (Å²) in [5, 5.41) is 2.24. The summed E-state index contributed by atoms with van der Waals surface area (Å²) >= 11 is 0. The molecule has 0 aliphatic rings. The van der Waals surface area contributed by atoms with Gasteiger partial charge in [-0.05, 0) is 12.1 Å². The maximum Gasteiger partial charge on any atom is 0.251 e. The van der Waals surface area contributed by atoms with E-state index in [1.54, 1.807) is 0 Å².